The summed E-state index contributed by atoms with van der Waals surface area (Å²) in [6, 6.07) is 10.00. The van der Waals surface area contributed by atoms with Gasteiger partial charge in [0.2, 0.25) is 0 Å². The number of rotatable bonds is 2. The SMILES string of the molecule is Cc1cc2c(Cl)cnc(Cl)c2c(C)c1Cc1ccc(Cl)cc1. The zero-order chi connectivity index (χ0) is 15.9. The van der Waals surface area contributed by atoms with E-state index in [0.29, 0.717) is 10.2 Å². The minimum Gasteiger partial charge on any atom is -0.242 e. The molecule has 0 bridgehead atoms. The molecule has 0 saturated heterocycles. The lowest BCUT2D eigenvalue weighted by Crippen LogP contribution is -1.98. The maximum Gasteiger partial charge on any atom is 0.137 e. The van der Waals surface area contributed by atoms with E-state index in [1.165, 1.54) is 16.7 Å². The van der Waals surface area contributed by atoms with E-state index >= 15 is 0 Å². The zero-order valence-electron chi connectivity index (χ0n) is 12.3. The van der Waals surface area contributed by atoms with E-state index in [9.17, 15) is 0 Å². The number of hydrogen-bond acceptors (Lipinski definition) is 1. The minimum atomic E-state index is 0.495. The van der Waals surface area contributed by atoms with Crippen LogP contribution in [0.2, 0.25) is 15.2 Å². The van der Waals surface area contributed by atoms with Gasteiger partial charge < -0.3 is 0 Å². The van der Waals surface area contributed by atoms with Crippen molar-refractivity contribution in [2.75, 3.05) is 0 Å². The molecule has 22 heavy (non-hydrogen) atoms. The fourth-order valence-electron chi connectivity index (χ4n) is 2.80. The number of fused-ring (bicyclic) bond motifs is 1. The van der Waals surface area contributed by atoms with Crippen LogP contribution in [0.15, 0.2) is 36.5 Å². The van der Waals surface area contributed by atoms with Crippen molar-refractivity contribution in [3.05, 3.63) is 74.0 Å². The summed E-state index contributed by atoms with van der Waals surface area (Å²) in [6.45, 7) is 4.17. The van der Waals surface area contributed by atoms with Crippen LogP contribution in [0.3, 0.4) is 0 Å². The van der Waals surface area contributed by atoms with Gasteiger partial charge in [0.05, 0.1) is 5.02 Å². The Hall–Kier alpha value is -1.28. The molecule has 1 nitrogen and oxygen atoms in total. The average Bonchev–Trinajstić information content (AvgIpc) is 2.49. The van der Waals surface area contributed by atoms with Gasteiger partial charge in [-0.25, -0.2) is 4.98 Å². The van der Waals surface area contributed by atoms with Gasteiger partial charge in [0, 0.05) is 22.0 Å². The van der Waals surface area contributed by atoms with Crippen molar-refractivity contribution in [3.63, 3.8) is 0 Å². The van der Waals surface area contributed by atoms with E-state index in [0.717, 1.165) is 27.8 Å². The Kier molecular flexibility index (Phi) is 4.31. The highest BCUT2D eigenvalue weighted by Gasteiger charge is 2.14. The first-order chi connectivity index (χ1) is 10.5. The first-order valence-electron chi connectivity index (χ1n) is 6.94. The summed E-state index contributed by atoms with van der Waals surface area (Å²) in [6.07, 6.45) is 2.43. The summed E-state index contributed by atoms with van der Waals surface area (Å²) in [7, 11) is 0. The van der Waals surface area contributed by atoms with E-state index < -0.39 is 0 Å². The van der Waals surface area contributed by atoms with Crippen LogP contribution in [0, 0.1) is 13.8 Å². The van der Waals surface area contributed by atoms with Gasteiger partial charge in [-0.05, 0) is 60.7 Å². The Morgan fingerprint density at radius 3 is 2.36 bits per heavy atom. The third-order valence-electron chi connectivity index (χ3n) is 3.98. The minimum absolute atomic E-state index is 0.495. The van der Waals surface area contributed by atoms with Gasteiger partial charge in [-0.15, -0.1) is 0 Å². The predicted molar refractivity (Wildman–Crippen MR) is 95.5 cm³/mol. The largest absolute Gasteiger partial charge is 0.242 e. The normalized spacial score (nSPS) is 11.1. The van der Waals surface area contributed by atoms with Crippen molar-refractivity contribution in [2.24, 2.45) is 0 Å². The summed E-state index contributed by atoms with van der Waals surface area (Å²) in [5.74, 6) is 0. The second kappa shape index (κ2) is 6.08. The molecule has 0 atom stereocenters. The lowest BCUT2D eigenvalue weighted by molar-refractivity contribution is 1.13. The van der Waals surface area contributed by atoms with Crippen LogP contribution >= 0.6 is 34.8 Å². The van der Waals surface area contributed by atoms with Crippen molar-refractivity contribution in [1.82, 2.24) is 4.98 Å². The molecule has 0 fully saturated rings. The van der Waals surface area contributed by atoms with Crippen LogP contribution in [0.25, 0.3) is 10.8 Å². The summed E-state index contributed by atoms with van der Waals surface area (Å²) < 4.78 is 0. The van der Waals surface area contributed by atoms with Crippen LogP contribution in [-0.2, 0) is 6.42 Å². The lowest BCUT2D eigenvalue weighted by Gasteiger charge is -2.15. The summed E-state index contributed by atoms with van der Waals surface area (Å²) in [4.78, 5) is 4.17. The van der Waals surface area contributed by atoms with Crippen molar-refractivity contribution >= 4 is 45.6 Å². The molecule has 0 spiro atoms. The molecule has 0 unspecified atom stereocenters. The Balaban J connectivity index is 2.18. The quantitative estimate of drug-likeness (QED) is 0.487. The van der Waals surface area contributed by atoms with Gasteiger partial charge >= 0.3 is 0 Å². The van der Waals surface area contributed by atoms with Crippen LogP contribution < -0.4 is 0 Å². The van der Waals surface area contributed by atoms with Crippen LogP contribution in [-0.4, -0.2) is 4.98 Å². The first kappa shape index (κ1) is 15.6. The molecule has 4 heteroatoms. The number of hydrogen-bond donors (Lipinski definition) is 0. The molecule has 1 aromatic heterocycles. The summed E-state index contributed by atoms with van der Waals surface area (Å²) in [5.41, 5.74) is 4.79. The third-order valence-corrected chi connectivity index (χ3v) is 4.82. The van der Waals surface area contributed by atoms with Crippen LogP contribution in [0.1, 0.15) is 22.3 Å². The molecule has 0 aliphatic rings. The fraction of sp³-hybridized carbons (Fsp3) is 0.167. The molecule has 0 saturated carbocycles. The smallest absolute Gasteiger partial charge is 0.137 e. The molecule has 112 valence electrons. The molecule has 3 aromatic rings. The van der Waals surface area contributed by atoms with Crippen molar-refractivity contribution in [2.45, 2.75) is 20.3 Å². The zero-order valence-corrected chi connectivity index (χ0v) is 14.5. The van der Waals surface area contributed by atoms with Gasteiger partial charge in [0.25, 0.3) is 0 Å². The highest BCUT2D eigenvalue weighted by Crippen LogP contribution is 2.34. The monoisotopic (exact) mass is 349 g/mol. The standard InChI is InChI=1S/C18H14Cl3N/c1-10-7-15-16(20)9-22-18(21)17(15)11(2)14(10)8-12-3-5-13(19)6-4-12/h3-7,9H,8H2,1-2H3. The van der Waals surface area contributed by atoms with Crippen molar-refractivity contribution in [3.8, 4) is 0 Å². The number of halogens is 3. The van der Waals surface area contributed by atoms with Crippen molar-refractivity contribution in [1.29, 1.82) is 0 Å². The average molecular weight is 351 g/mol. The van der Waals surface area contributed by atoms with Crippen LogP contribution in [0.5, 0.6) is 0 Å². The maximum absolute atomic E-state index is 6.30. The summed E-state index contributed by atoms with van der Waals surface area (Å²) >= 11 is 18.5. The highest BCUT2D eigenvalue weighted by molar-refractivity contribution is 6.39. The predicted octanol–water partition coefficient (Wildman–Crippen LogP) is 6.40. The number of aromatic nitrogens is 1. The number of nitrogens with zero attached hydrogens (tertiary/aromatic N) is 1. The van der Waals surface area contributed by atoms with Gasteiger partial charge in [-0.2, -0.15) is 0 Å². The molecular weight excluding hydrogens is 337 g/mol. The number of aryl methyl sites for hydroxylation is 2. The molecule has 2 aromatic carbocycles. The second-order valence-electron chi connectivity index (χ2n) is 5.42. The molecule has 0 amide bonds. The van der Waals surface area contributed by atoms with Gasteiger partial charge in [-0.1, -0.05) is 46.9 Å². The Morgan fingerprint density at radius 2 is 1.68 bits per heavy atom. The lowest BCUT2D eigenvalue weighted by atomic mass is 9.92. The van der Waals surface area contributed by atoms with Gasteiger partial charge in [0.1, 0.15) is 5.15 Å². The van der Waals surface area contributed by atoms with E-state index in [-0.39, 0.29) is 0 Å². The molecule has 0 radical (unpaired) electrons. The Labute approximate surface area is 144 Å². The third kappa shape index (κ3) is 2.81. The van der Waals surface area contributed by atoms with E-state index in [1.807, 2.05) is 24.3 Å². The molecule has 0 aliphatic heterocycles. The van der Waals surface area contributed by atoms with Crippen molar-refractivity contribution < 1.29 is 0 Å². The van der Waals surface area contributed by atoms with Crippen LogP contribution in [0.4, 0.5) is 0 Å². The van der Waals surface area contributed by atoms with Gasteiger partial charge in [-0.3, -0.25) is 0 Å². The number of pyridine rings is 1. The van der Waals surface area contributed by atoms with Gasteiger partial charge in [0.15, 0.2) is 0 Å². The topological polar surface area (TPSA) is 12.9 Å². The fourth-order valence-corrected chi connectivity index (χ4v) is 3.42. The summed E-state index contributed by atoms with van der Waals surface area (Å²) in [5, 5.41) is 3.76. The molecule has 0 aliphatic carbocycles. The van der Waals surface area contributed by atoms with E-state index in [2.05, 4.69) is 24.9 Å². The maximum atomic E-state index is 6.30. The Bertz CT molecular complexity index is 855. The molecule has 0 N–H and O–H groups in total. The second-order valence-corrected chi connectivity index (χ2v) is 6.62. The highest BCUT2D eigenvalue weighted by atomic mass is 35.5. The Morgan fingerprint density at radius 1 is 1.00 bits per heavy atom. The molecule has 1 heterocycles. The molecular formula is C18H14Cl3N. The first-order valence-corrected chi connectivity index (χ1v) is 8.08. The molecule has 3 rings (SSSR count). The van der Waals surface area contributed by atoms with E-state index in [4.69, 9.17) is 34.8 Å². The number of benzene rings is 2. The van der Waals surface area contributed by atoms with E-state index in [1.54, 1.807) is 6.20 Å².